The van der Waals surface area contributed by atoms with Crippen LogP contribution in [0.2, 0.25) is 0 Å². The number of aromatic nitrogens is 1. The number of nitro benzene ring substituents is 1. The lowest BCUT2D eigenvalue weighted by atomic mass is 10.1. The molecule has 0 N–H and O–H groups in total. The van der Waals surface area contributed by atoms with Crippen molar-refractivity contribution in [3.05, 3.63) is 40.6 Å². The van der Waals surface area contributed by atoms with Crippen LogP contribution in [0.5, 0.6) is 0 Å². The molecule has 6 heteroatoms. The molecule has 2 heterocycles. The average molecular weight is 314 g/mol. The van der Waals surface area contributed by atoms with Gasteiger partial charge in [0.05, 0.1) is 16.0 Å². The lowest BCUT2D eigenvalue weighted by molar-refractivity contribution is -0.383. The Morgan fingerprint density at radius 3 is 2.74 bits per heavy atom. The Labute approximate surface area is 135 Å². The first-order valence-corrected chi connectivity index (χ1v) is 8.09. The molecule has 0 bridgehead atoms. The van der Waals surface area contributed by atoms with E-state index in [1.807, 2.05) is 6.07 Å². The van der Waals surface area contributed by atoms with Crippen LogP contribution in [0, 0.1) is 10.1 Å². The number of pyridine rings is 1. The minimum Gasteiger partial charge on any atom is -0.368 e. The maximum absolute atomic E-state index is 11.2. The third-order valence-corrected chi connectivity index (χ3v) is 4.52. The number of hydrogen-bond donors (Lipinski definition) is 0. The van der Waals surface area contributed by atoms with Crippen molar-refractivity contribution in [1.82, 2.24) is 9.88 Å². The number of fused-ring (bicyclic) bond motifs is 1. The Bertz CT molecular complexity index is 717. The first-order valence-electron chi connectivity index (χ1n) is 8.09. The van der Waals surface area contributed by atoms with Crippen LogP contribution in [0.15, 0.2) is 30.5 Å². The highest BCUT2D eigenvalue weighted by Crippen LogP contribution is 2.32. The predicted molar refractivity (Wildman–Crippen MR) is 91.9 cm³/mol. The third kappa shape index (κ3) is 3.12. The molecule has 122 valence electrons. The van der Waals surface area contributed by atoms with Gasteiger partial charge in [-0.15, -0.1) is 0 Å². The highest BCUT2D eigenvalue weighted by Gasteiger charge is 2.21. The van der Waals surface area contributed by atoms with Crippen LogP contribution in [0.3, 0.4) is 0 Å². The molecule has 6 nitrogen and oxygen atoms in total. The Morgan fingerprint density at radius 1 is 1.17 bits per heavy atom. The normalized spacial score (nSPS) is 16.7. The van der Waals surface area contributed by atoms with Gasteiger partial charge < -0.3 is 4.90 Å². The van der Waals surface area contributed by atoms with Gasteiger partial charge in [0, 0.05) is 44.5 Å². The van der Waals surface area contributed by atoms with E-state index in [0.717, 1.165) is 43.8 Å². The van der Waals surface area contributed by atoms with Crippen molar-refractivity contribution in [2.45, 2.75) is 26.3 Å². The van der Waals surface area contributed by atoms with Gasteiger partial charge in [0.15, 0.2) is 0 Å². The van der Waals surface area contributed by atoms with Gasteiger partial charge in [-0.3, -0.25) is 20.0 Å². The van der Waals surface area contributed by atoms with Gasteiger partial charge in [-0.2, -0.15) is 0 Å². The molecule has 1 aliphatic heterocycles. The van der Waals surface area contributed by atoms with Crippen molar-refractivity contribution in [3.63, 3.8) is 0 Å². The molecule has 0 spiro atoms. The summed E-state index contributed by atoms with van der Waals surface area (Å²) in [6, 6.07) is 7.52. The summed E-state index contributed by atoms with van der Waals surface area (Å²) < 4.78 is 0. The summed E-state index contributed by atoms with van der Waals surface area (Å²) in [5.41, 5.74) is 1.84. The van der Waals surface area contributed by atoms with E-state index in [9.17, 15) is 10.1 Å². The number of benzene rings is 1. The fourth-order valence-electron chi connectivity index (χ4n) is 3.25. The zero-order chi connectivity index (χ0) is 16.4. The average Bonchev–Trinajstić information content (AvgIpc) is 2.79. The van der Waals surface area contributed by atoms with E-state index in [-0.39, 0.29) is 10.6 Å². The van der Waals surface area contributed by atoms with Gasteiger partial charge >= 0.3 is 0 Å². The second-order valence-corrected chi connectivity index (χ2v) is 6.23. The summed E-state index contributed by atoms with van der Waals surface area (Å²) in [7, 11) is 0. The Hall–Kier alpha value is -2.21. The van der Waals surface area contributed by atoms with Crippen molar-refractivity contribution in [2.24, 2.45) is 0 Å². The molecule has 1 aromatic heterocycles. The highest BCUT2D eigenvalue weighted by atomic mass is 16.6. The lowest BCUT2D eigenvalue weighted by Crippen LogP contribution is -2.35. The van der Waals surface area contributed by atoms with Crippen molar-refractivity contribution < 1.29 is 4.92 Å². The van der Waals surface area contributed by atoms with Crippen LogP contribution < -0.4 is 4.90 Å². The monoisotopic (exact) mass is 314 g/mol. The minimum absolute atomic E-state index is 0.121. The maximum Gasteiger partial charge on any atom is 0.278 e. The minimum atomic E-state index is -0.337. The fourth-order valence-corrected chi connectivity index (χ4v) is 3.25. The van der Waals surface area contributed by atoms with E-state index in [1.165, 1.54) is 0 Å². The van der Waals surface area contributed by atoms with Crippen LogP contribution in [0.4, 0.5) is 11.4 Å². The standard InChI is InChI=1S/C17H22N4O2/c1-13(2)19-9-4-10-20(12-11-19)16-7-6-15(21(22)23)14-5-3-8-18-17(14)16/h3,5-8,13H,4,9-12H2,1-2H3. The van der Waals surface area contributed by atoms with Crippen LogP contribution >= 0.6 is 0 Å². The van der Waals surface area contributed by atoms with Crippen LogP contribution in [-0.2, 0) is 0 Å². The molecule has 0 saturated carbocycles. The summed E-state index contributed by atoms with van der Waals surface area (Å²) in [6.07, 6.45) is 2.79. The van der Waals surface area contributed by atoms with Gasteiger partial charge in [-0.25, -0.2) is 0 Å². The molecule has 1 aromatic carbocycles. The van der Waals surface area contributed by atoms with E-state index in [1.54, 1.807) is 24.4 Å². The summed E-state index contributed by atoms with van der Waals surface area (Å²) in [5.74, 6) is 0. The number of anilines is 1. The van der Waals surface area contributed by atoms with Crippen molar-refractivity contribution in [1.29, 1.82) is 0 Å². The lowest BCUT2D eigenvalue weighted by Gasteiger charge is -2.26. The summed E-state index contributed by atoms with van der Waals surface area (Å²) in [6.45, 7) is 8.40. The number of nitro groups is 1. The van der Waals surface area contributed by atoms with E-state index < -0.39 is 0 Å². The Morgan fingerprint density at radius 2 is 2.00 bits per heavy atom. The smallest absolute Gasteiger partial charge is 0.278 e. The zero-order valence-corrected chi connectivity index (χ0v) is 13.6. The van der Waals surface area contributed by atoms with Gasteiger partial charge in [-0.1, -0.05) is 0 Å². The topological polar surface area (TPSA) is 62.5 Å². The molecule has 0 atom stereocenters. The Balaban J connectivity index is 1.97. The van der Waals surface area contributed by atoms with Crippen LogP contribution in [-0.4, -0.2) is 47.0 Å². The van der Waals surface area contributed by atoms with Gasteiger partial charge in [0.1, 0.15) is 5.52 Å². The molecule has 0 amide bonds. The number of hydrogen-bond acceptors (Lipinski definition) is 5. The molecular weight excluding hydrogens is 292 g/mol. The second kappa shape index (κ2) is 6.50. The van der Waals surface area contributed by atoms with E-state index in [4.69, 9.17) is 0 Å². The van der Waals surface area contributed by atoms with Crippen LogP contribution in [0.25, 0.3) is 10.9 Å². The molecule has 23 heavy (non-hydrogen) atoms. The summed E-state index contributed by atoms with van der Waals surface area (Å²) in [4.78, 5) is 20.1. The number of nitrogens with zero attached hydrogens (tertiary/aromatic N) is 4. The highest BCUT2D eigenvalue weighted by molar-refractivity contribution is 5.97. The fraction of sp³-hybridized carbons (Fsp3) is 0.471. The predicted octanol–water partition coefficient (Wildman–Crippen LogP) is 3.06. The van der Waals surface area contributed by atoms with Gasteiger partial charge in [-0.05, 0) is 38.5 Å². The van der Waals surface area contributed by atoms with Gasteiger partial charge in [0.2, 0.25) is 0 Å². The number of rotatable bonds is 3. The molecule has 0 aliphatic carbocycles. The first-order chi connectivity index (χ1) is 11.1. The van der Waals surface area contributed by atoms with Crippen molar-refractivity contribution >= 4 is 22.3 Å². The zero-order valence-electron chi connectivity index (χ0n) is 13.6. The largest absolute Gasteiger partial charge is 0.368 e. The second-order valence-electron chi connectivity index (χ2n) is 6.23. The van der Waals surface area contributed by atoms with Crippen molar-refractivity contribution in [2.75, 3.05) is 31.1 Å². The third-order valence-electron chi connectivity index (χ3n) is 4.52. The van der Waals surface area contributed by atoms with Crippen LogP contribution in [0.1, 0.15) is 20.3 Å². The molecule has 1 fully saturated rings. The van der Waals surface area contributed by atoms with E-state index >= 15 is 0 Å². The Kier molecular flexibility index (Phi) is 4.43. The molecular formula is C17H22N4O2. The molecule has 3 rings (SSSR count). The molecule has 2 aromatic rings. The van der Waals surface area contributed by atoms with Gasteiger partial charge in [0.25, 0.3) is 5.69 Å². The quantitative estimate of drug-likeness (QED) is 0.643. The number of non-ortho nitro benzene ring substituents is 1. The molecule has 0 radical (unpaired) electrons. The van der Waals surface area contributed by atoms with E-state index in [2.05, 4.69) is 28.6 Å². The summed E-state index contributed by atoms with van der Waals surface area (Å²) in [5, 5.41) is 11.8. The molecule has 1 saturated heterocycles. The maximum atomic E-state index is 11.2. The molecule has 0 unspecified atom stereocenters. The molecule has 1 aliphatic rings. The van der Waals surface area contributed by atoms with E-state index in [0.29, 0.717) is 11.4 Å². The van der Waals surface area contributed by atoms with Crippen molar-refractivity contribution in [3.8, 4) is 0 Å². The summed E-state index contributed by atoms with van der Waals surface area (Å²) >= 11 is 0. The first kappa shape index (κ1) is 15.7. The SMILES string of the molecule is CC(C)N1CCCN(c2ccc([N+](=O)[O-])c3cccnc23)CC1.